The first-order chi connectivity index (χ1) is 9.24. The minimum atomic E-state index is -4.27. The molecule has 0 fully saturated rings. The monoisotopic (exact) mass is 327 g/mol. The van der Waals surface area contributed by atoms with Gasteiger partial charge >= 0.3 is 0 Å². The summed E-state index contributed by atoms with van der Waals surface area (Å²) in [6.45, 7) is 7.61. The lowest BCUT2D eigenvalue weighted by atomic mass is 10.2. The topological polar surface area (TPSA) is 154 Å². The van der Waals surface area contributed by atoms with Crippen LogP contribution in [0.4, 0.5) is 0 Å². The SMILES string of the molecule is CCO.CCO.CCO.Cc1ccc(S(=O)(=O)[O-])cc1.[NH4+]. The summed E-state index contributed by atoms with van der Waals surface area (Å²) >= 11 is 0. The fraction of sp³-hybridized carbons (Fsp3) is 0.538. The number of aliphatic hydroxyl groups is 3. The van der Waals surface area contributed by atoms with Gasteiger partial charge in [-0.2, -0.15) is 0 Å². The van der Waals surface area contributed by atoms with E-state index >= 15 is 0 Å². The molecular weight excluding hydrogens is 298 g/mol. The molecule has 0 aliphatic heterocycles. The van der Waals surface area contributed by atoms with Crippen LogP contribution < -0.4 is 6.15 Å². The fourth-order valence-corrected chi connectivity index (χ4v) is 1.17. The smallest absolute Gasteiger partial charge is 0.124 e. The Morgan fingerprint density at radius 1 is 0.905 bits per heavy atom. The first-order valence-electron chi connectivity index (χ1n) is 6.10. The van der Waals surface area contributed by atoms with Crippen molar-refractivity contribution in [1.29, 1.82) is 0 Å². The molecule has 21 heavy (non-hydrogen) atoms. The van der Waals surface area contributed by atoms with Gasteiger partial charge in [0, 0.05) is 19.8 Å². The van der Waals surface area contributed by atoms with Gasteiger partial charge in [0.25, 0.3) is 0 Å². The van der Waals surface area contributed by atoms with Crippen molar-refractivity contribution in [2.75, 3.05) is 19.8 Å². The summed E-state index contributed by atoms with van der Waals surface area (Å²) in [4.78, 5) is -0.178. The predicted molar refractivity (Wildman–Crippen MR) is 83.4 cm³/mol. The van der Waals surface area contributed by atoms with E-state index in [1.54, 1.807) is 32.9 Å². The van der Waals surface area contributed by atoms with E-state index in [2.05, 4.69) is 0 Å². The normalized spacial score (nSPS) is 8.57. The number of aliphatic hydroxyl groups excluding tert-OH is 3. The van der Waals surface area contributed by atoms with Crippen LogP contribution >= 0.6 is 0 Å². The molecule has 0 saturated carbocycles. The maximum atomic E-state index is 10.4. The van der Waals surface area contributed by atoms with E-state index in [0.29, 0.717) is 0 Å². The average Bonchev–Trinajstić information content (AvgIpc) is 2.31. The Kier molecular flexibility index (Phi) is 25.5. The summed E-state index contributed by atoms with van der Waals surface area (Å²) in [5, 5.41) is 22.7. The molecule has 8 heteroatoms. The molecule has 1 rings (SSSR count). The Bertz CT molecular complexity index is 387. The van der Waals surface area contributed by atoms with E-state index in [4.69, 9.17) is 15.3 Å². The number of hydrogen-bond acceptors (Lipinski definition) is 6. The summed E-state index contributed by atoms with van der Waals surface area (Å²) in [5.74, 6) is 0. The second-order valence-electron chi connectivity index (χ2n) is 3.22. The van der Waals surface area contributed by atoms with Gasteiger partial charge < -0.3 is 26.0 Å². The van der Waals surface area contributed by atoms with E-state index in [-0.39, 0.29) is 30.9 Å². The Balaban J connectivity index is -0.000000122. The predicted octanol–water partition coefficient (Wildman–Crippen LogP) is 1.27. The Morgan fingerprint density at radius 3 is 1.33 bits per heavy atom. The molecule has 0 aliphatic rings. The number of quaternary nitrogens is 1. The van der Waals surface area contributed by atoms with Gasteiger partial charge in [-0.15, -0.1) is 0 Å². The summed E-state index contributed by atoms with van der Waals surface area (Å²) in [7, 11) is -4.27. The molecule has 0 radical (unpaired) electrons. The molecule has 0 unspecified atom stereocenters. The molecule has 0 heterocycles. The van der Waals surface area contributed by atoms with Crippen molar-refractivity contribution < 1.29 is 28.3 Å². The van der Waals surface area contributed by atoms with E-state index in [9.17, 15) is 13.0 Å². The molecule has 0 saturated heterocycles. The fourth-order valence-electron chi connectivity index (χ4n) is 0.705. The third-order valence-electron chi connectivity index (χ3n) is 1.31. The zero-order valence-corrected chi connectivity index (χ0v) is 14.2. The zero-order chi connectivity index (χ0) is 16.6. The molecule has 0 aromatic heterocycles. The maximum Gasteiger partial charge on any atom is 0.124 e. The minimum Gasteiger partial charge on any atom is -0.744 e. The first-order valence-corrected chi connectivity index (χ1v) is 7.50. The van der Waals surface area contributed by atoms with Crippen molar-refractivity contribution in [3.8, 4) is 0 Å². The molecular formula is C13H29NO6S. The molecule has 1 aromatic carbocycles. The molecule has 0 atom stereocenters. The molecule has 128 valence electrons. The number of hydrogen-bond donors (Lipinski definition) is 4. The Labute approximate surface area is 127 Å². The highest BCUT2D eigenvalue weighted by Crippen LogP contribution is 2.08. The average molecular weight is 327 g/mol. The van der Waals surface area contributed by atoms with Crippen LogP contribution in [0.3, 0.4) is 0 Å². The minimum absolute atomic E-state index is 0. The van der Waals surface area contributed by atoms with Crippen LogP contribution in [-0.2, 0) is 10.1 Å². The van der Waals surface area contributed by atoms with Gasteiger partial charge in [0.2, 0.25) is 0 Å². The van der Waals surface area contributed by atoms with Gasteiger partial charge in [0.15, 0.2) is 0 Å². The van der Waals surface area contributed by atoms with E-state index < -0.39 is 10.1 Å². The van der Waals surface area contributed by atoms with Crippen LogP contribution in [0.25, 0.3) is 0 Å². The van der Waals surface area contributed by atoms with Crippen LogP contribution in [-0.4, -0.2) is 48.1 Å². The lowest BCUT2D eigenvalue weighted by Crippen LogP contribution is -1.97. The third-order valence-corrected chi connectivity index (χ3v) is 2.16. The summed E-state index contributed by atoms with van der Waals surface area (Å²) in [6.07, 6.45) is 0. The van der Waals surface area contributed by atoms with Crippen LogP contribution in [0.5, 0.6) is 0 Å². The number of benzene rings is 1. The highest BCUT2D eigenvalue weighted by Gasteiger charge is 1.97. The Morgan fingerprint density at radius 2 is 1.14 bits per heavy atom. The van der Waals surface area contributed by atoms with Gasteiger partial charge in [-0.1, -0.05) is 17.7 Å². The molecule has 1 aromatic rings. The highest BCUT2D eigenvalue weighted by molar-refractivity contribution is 7.85. The van der Waals surface area contributed by atoms with Gasteiger partial charge in [-0.05, 0) is 39.8 Å². The van der Waals surface area contributed by atoms with Crippen LogP contribution in [0, 0.1) is 6.92 Å². The van der Waals surface area contributed by atoms with Gasteiger partial charge in [-0.3, -0.25) is 0 Å². The Hall–Kier alpha value is -1.03. The van der Waals surface area contributed by atoms with Crippen molar-refractivity contribution in [1.82, 2.24) is 6.15 Å². The van der Waals surface area contributed by atoms with Crippen molar-refractivity contribution in [3.05, 3.63) is 29.8 Å². The van der Waals surface area contributed by atoms with Crippen LogP contribution in [0.15, 0.2) is 29.2 Å². The maximum absolute atomic E-state index is 10.4. The van der Waals surface area contributed by atoms with Gasteiger partial charge in [0.1, 0.15) is 10.1 Å². The summed E-state index contributed by atoms with van der Waals surface area (Å²) in [6, 6.07) is 5.78. The molecule has 0 aliphatic carbocycles. The first kappa shape index (κ1) is 28.2. The van der Waals surface area contributed by atoms with Gasteiger partial charge in [0.05, 0.1) is 4.90 Å². The lowest BCUT2D eigenvalue weighted by molar-refractivity contribution is 0.318. The quantitative estimate of drug-likeness (QED) is 0.569. The number of rotatable bonds is 1. The second kappa shape index (κ2) is 19.0. The molecule has 0 spiro atoms. The van der Waals surface area contributed by atoms with E-state index in [0.717, 1.165) is 5.56 Å². The summed E-state index contributed by atoms with van der Waals surface area (Å²) in [5.41, 5.74) is 0.928. The second-order valence-corrected chi connectivity index (χ2v) is 4.60. The third kappa shape index (κ3) is 24.4. The summed E-state index contributed by atoms with van der Waals surface area (Å²) < 4.78 is 31.2. The lowest BCUT2D eigenvalue weighted by Gasteiger charge is -2.05. The standard InChI is InChI=1S/C7H8O3S.3C2H6O.H3N/c1-6-2-4-7(5-3-6)11(8,9)10;3*1-2-3;/h2-5H,1H3,(H,8,9,10);3*3H,2H2,1H3;1H3. The highest BCUT2D eigenvalue weighted by atomic mass is 32.2. The molecule has 0 bridgehead atoms. The van der Waals surface area contributed by atoms with Crippen molar-refractivity contribution >= 4 is 10.1 Å². The molecule has 7 nitrogen and oxygen atoms in total. The zero-order valence-electron chi connectivity index (χ0n) is 13.4. The molecule has 7 N–H and O–H groups in total. The van der Waals surface area contributed by atoms with Crippen LogP contribution in [0.1, 0.15) is 26.3 Å². The molecule has 0 amide bonds. The largest absolute Gasteiger partial charge is 0.744 e. The number of aryl methyl sites for hydroxylation is 1. The van der Waals surface area contributed by atoms with Gasteiger partial charge in [-0.25, -0.2) is 8.42 Å². The van der Waals surface area contributed by atoms with Crippen LogP contribution in [0.2, 0.25) is 0 Å². The van der Waals surface area contributed by atoms with E-state index in [1.165, 1.54) is 12.1 Å². The van der Waals surface area contributed by atoms with Crippen molar-refractivity contribution in [3.63, 3.8) is 0 Å². The van der Waals surface area contributed by atoms with E-state index in [1.807, 2.05) is 6.92 Å². The van der Waals surface area contributed by atoms with Crippen molar-refractivity contribution in [2.45, 2.75) is 32.6 Å². The van der Waals surface area contributed by atoms with Crippen molar-refractivity contribution in [2.24, 2.45) is 0 Å².